The van der Waals surface area contributed by atoms with Crippen LogP contribution in [0.25, 0.3) is 10.4 Å². The van der Waals surface area contributed by atoms with Crippen LogP contribution in [-0.2, 0) is 11.3 Å². The number of hydrogen-bond donors (Lipinski definition) is 1. The molecule has 0 radical (unpaired) electrons. The van der Waals surface area contributed by atoms with Crippen LogP contribution in [0.2, 0.25) is 0 Å². The van der Waals surface area contributed by atoms with Crippen LogP contribution in [0.4, 0.5) is 19.3 Å². The highest BCUT2D eigenvalue weighted by Crippen LogP contribution is 2.27. The van der Waals surface area contributed by atoms with Crippen molar-refractivity contribution < 1.29 is 28.2 Å². The molecular weight excluding hydrogens is 420 g/mol. The number of ether oxygens (including phenoxy) is 2. The maximum absolute atomic E-state index is 14.3. The number of aliphatic hydroxyl groups is 1. The van der Waals surface area contributed by atoms with E-state index in [0.29, 0.717) is 11.3 Å². The number of carbonyl (C=O) groups excluding carboxylic acids is 1. The summed E-state index contributed by atoms with van der Waals surface area (Å²) in [4.78, 5) is 21.2. The molecular formula is C23H23F2N3O4. The van der Waals surface area contributed by atoms with Gasteiger partial charge in [0.2, 0.25) is 0 Å². The molecule has 32 heavy (non-hydrogen) atoms. The maximum atomic E-state index is 14.3. The van der Waals surface area contributed by atoms with Gasteiger partial charge in [-0.1, -0.05) is 12.1 Å². The molecule has 0 unspecified atom stereocenters. The second-order valence-corrected chi connectivity index (χ2v) is 8.19. The van der Waals surface area contributed by atoms with Gasteiger partial charge >= 0.3 is 6.09 Å². The van der Waals surface area contributed by atoms with Gasteiger partial charge in [0.05, 0.1) is 31.5 Å². The Hall–Kier alpha value is -3.51. The predicted octanol–water partition coefficient (Wildman–Crippen LogP) is 4.48. The van der Waals surface area contributed by atoms with Gasteiger partial charge in [0, 0.05) is 0 Å². The van der Waals surface area contributed by atoms with Crippen molar-refractivity contribution in [2.75, 3.05) is 13.2 Å². The van der Waals surface area contributed by atoms with Gasteiger partial charge in [0.1, 0.15) is 23.7 Å². The molecule has 2 heterocycles. The fourth-order valence-electron chi connectivity index (χ4n) is 3.10. The molecule has 3 rings (SSSR count). The first-order chi connectivity index (χ1) is 15.1. The highest BCUT2D eigenvalue weighted by Gasteiger charge is 2.33. The number of carbonyl (C=O) groups is 1. The Labute approximate surface area is 184 Å². The summed E-state index contributed by atoms with van der Waals surface area (Å²) in [7, 11) is 0. The van der Waals surface area contributed by atoms with Gasteiger partial charge in [-0.2, -0.15) is 0 Å². The topological polar surface area (TPSA) is 76.3 Å². The third-order valence-electron chi connectivity index (χ3n) is 4.61. The molecule has 0 bridgehead atoms. The number of pyridine rings is 1. The van der Waals surface area contributed by atoms with Crippen molar-refractivity contribution in [3.63, 3.8) is 0 Å². The first-order valence-corrected chi connectivity index (χ1v) is 9.88. The van der Waals surface area contributed by atoms with E-state index in [0.717, 1.165) is 6.07 Å². The lowest BCUT2D eigenvalue weighted by Gasteiger charge is -2.27. The van der Waals surface area contributed by atoms with Gasteiger partial charge in [0.25, 0.3) is 0 Å². The lowest BCUT2D eigenvalue weighted by molar-refractivity contribution is 0.0200. The average Bonchev–Trinajstić information content (AvgIpc) is 3.17. The van der Waals surface area contributed by atoms with Gasteiger partial charge in [-0.25, -0.2) is 23.4 Å². The first-order valence-electron chi connectivity index (χ1n) is 9.88. The summed E-state index contributed by atoms with van der Waals surface area (Å²) in [5.41, 5.74) is 0.401. The van der Waals surface area contributed by atoms with Gasteiger partial charge < -0.3 is 14.6 Å². The second kappa shape index (κ2) is 9.32. The molecule has 0 spiro atoms. The van der Waals surface area contributed by atoms with E-state index < -0.39 is 29.4 Å². The molecule has 2 aromatic rings. The number of halogens is 2. The van der Waals surface area contributed by atoms with E-state index in [4.69, 9.17) is 16.0 Å². The van der Waals surface area contributed by atoms with Crippen LogP contribution in [0.1, 0.15) is 32.2 Å². The SMILES string of the molecule is [C-]#[N+]c1ccc(OCc2nc(C3=C[C@H](CO)N(C(=O)OC(C)(C)C)C3)ccc2F)c(F)c1. The molecule has 7 nitrogen and oxygen atoms in total. The second-order valence-electron chi connectivity index (χ2n) is 8.19. The third kappa shape index (κ3) is 5.39. The summed E-state index contributed by atoms with van der Waals surface area (Å²) < 4.78 is 39.0. The summed E-state index contributed by atoms with van der Waals surface area (Å²) in [6, 6.07) is 5.81. The zero-order chi connectivity index (χ0) is 23.5. The molecule has 0 fully saturated rings. The molecule has 0 saturated carbocycles. The molecule has 1 aliphatic rings. The predicted molar refractivity (Wildman–Crippen MR) is 113 cm³/mol. The highest BCUT2D eigenvalue weighted by molar-refractivity contribution is 5.77. The average molecular weight is 443 g/mol. The van der Waals surface area contributed by atoms with E-state index in [9.17, 15) is 18.7 Å². The van der Waals surface area contributed by atoms with Crippen LogP contribution in [0.5, 0.6) is 5.75 Å². The van der Waals surface area contributed by atoms with Crippen LogP contribution in [0, 0.1) is 18.2 Å². The Morgan fingerprint density at radius 3 is 2.66 bits per heavy atom. The monoisotopic (exact) mass is 443 g/mol. The Kier molecular flexibility index (Phi) is 6.75. The molecule has 1 N–H and O–H groups in total. The van der Waals surface area contributed by atoms with E-state index in [2.05, 4.69) is 9.83 Å². The van der Waals surface area contributed by atoms with Gasteiger partial charge in [-0.15, -0.1) is 0 Å². The Morgan fingerprint density at radius 1 is 1.28 bits per heavy atom. The van der Waals surface area contributed by atoms with Crippen LogP contribution >= 0.6 is 0 Å². The Morgan fingerprint density at radius 2 is 2.03 bits per heavy atom. The molecule has 1 amide bonds. The lowest BCUT2D eigenvalue weighted by Crippen LogP contribution is -2.41. The molecule has 0 saturated heterocycles. The number of nitrogens with zero attached hydrogens (tertiary/aromatic N) is 3. The molecule has 1 aromatic heterocycles. The minimum Gasteiger partial charge on any atom is -0.484 e. The minimum absolute atomic E-state index is 0.0478. The zero-order valence-corrected chi connectivity index (χ0v) is 17.9. The van der Waals surface area contributed by atoms with E-state index in [-0.39, 0.29) is 36.9 Å². The molecule has 168 valence electrons. The van der Waals surface area contributed by atoms with Crippen LogP contribution in [0.15, 0.2) is 36.4 Å². The largest absolute Gasteiger partial charge is 0.484 e. The number of aliphatic hydroxyl groups excluding tert-OH is 1. The summed E-state index contributed by atoms with van der Waals surface area (Å²) in [5, 5.41) is 9.67. The van der Waals surface area contributed by atoms with E-state index >= 15 is 0 Å². The number of hydrogen-bond acceptors (Lipinski definition) is 5. The number of benzene rings is 1. The minimum atomic E-state index is -0.729. The number of amides is 1. The Balaban J connectivity index is 1.76. The van der Waals surface area contributed by atoms with Crippen molar-refractivity contribution in [3.05, 3.63) is 70.8 Å². The quantitative estimate of drug-likeness (QED) is 0.690. The summed E-state index contributed by atoms with van der Waals surface area (Å²) in [6.45, 7) is 11.6. The molecule has 1 atom stereocenters. The van der Waals surface area contributed by atoms with Gasteiger partial charge in [-0.05, 0) is 50.6 Å². The van der Waals surface area contributed by atoms with Crippen LogP contribution in [-0.4, -0.2) is 45.9 Å². The standard InChI is InChI=1S/C23H23F2N3O4/c1-23(2,3)32-22(30)28-11-14(9-16(28)12-29)19-7-6-17(24)20(27-19)13-31-21-8-5-15(26-4)10-18(21)25/h5-10,16,29H,11-13H2,1-3H3/t16-/m1/s1. The number of rotatable bonds is 5. The normalized spacial score (nSPS) is 15.8. The third-order valence-corrected chi connectivity index (χ3v) is 4.61. The van der Waals surface area contributed by atoms with Crippen molar-refractivity contribution in [1.29, 1.82) is 0 Å². The molecule has 1 aromatic carbocycles. The van der Waals surface area contributed by atoms with Crippen molar-refractivity contribution >= 4 is 17.4 Å². The highest BCUT2D eigenvalue weighted by atomic mass is 19.1. The van der Waals surface area contributed by atoms with Crippen molar-refractivity contribution in [2.45, 2.75) is 39.0 Å². The Bertz CT molecular complexity index is 1090. The first kappa shape index (κ1) is 23.2. The van der Waals surface area contributed by atoms with Gasteiger partial charge in [-0.3, -0.25) is 4.90 Å². The summed E-state index contributed by atoms with van der Waals surface area (Å²) >= 11 is 0. The van der Waals surface area contributed by atoms with Gasteiger partial charge in [0.15, 0.2) is 17.3 Å². The van der Waals surface area contributed by atoms with Crippen molar-refractivity contribution in [3.8, 4) is 5.75 Å². The molecule has 1 aliphatic heterocycles. The summed E-state index contributed by atoms with van der Waals surface area (Å²) in [5.74, 6) is -1.49. The number of aromatic nitrogens is 1. The lowest BCUT2D eigenvalue weighted by atomic mass is 10.1. The van der Waals surface area contributed by atoms with Crippen LogP contribution < -0.4 is 4.74 Å². The van der Waals surface area contributed by atoms with E-state index in [1.54, 1.807) is 26.8 Å². The zero-order valence-electron chi connectivity index (χ0n) is 17.9. The molecule has 9 heteroatoms. The van der Waals surface area contributed by atoms with E-state index in [1.165, 1.54) is 29.2 Å². The van der Waals surface area contributed by atoms with Crippen LogP contribution in [0.3, 0.4) is 0 Å². The van der Waals surface area contributed by atoms with E-state index in [1.807, 2.05) is 0 Å². The molecule has 0 aliphatic carbocycles. The smallest absolute Gasteiger partial charge is 0.411 e. The fourth-order valence-corrected chi connectivity index (χ4v) is 3.10. The summed E-state index contributed by atoms with van der Waals surface area (Å²) in [6.07, 6.45) is 1.10. The maximum Gasteiger partial charge on any atom is 0.411 e. The van der Waals surface area contributed by atoms with Crippen molar-refractivity contribution in [1.82, 2.24) is 9.88 Å². The van der Waals surface area contributed by atoms with Crippen molar-refractivity contribution in [2.24, 2.45) is 0 Å². The fraction of sp³-hybridized carbons (Fsp3) is 0.348.